The summed E-state index contributed by atoms with van der Waals surface area (Å²) in [7, 11) is 0. The zero-order valence-electron chi connectivity index (χ0n) is 19.2. The predicted octanol–water partition coefficient (Wildman–Crippen LogP) is 7.41. The fourth-order valence-electron chi connectivity index (χ4n) is 5.56. The Morgan fingerprint density at radius 2 is 1.74 bits per heavy atom. The van der Waals surface area contributed by atoms with Crippen LogP contribution in [0.3, 0.4) is 0 Å². The summed E-state index contributed by atoms with van der Waals surface area (Å²) in [6.45, 7) is 6.65. The van der Waals surface area contributed by atoms with E-state index in [2.05, 4.69) is 61.2 Å². The van der Waals surface area contributed by atoms with Gasteiger partial charge in [0.25, 0.3) is 0 Å². The Balaban J connectivity index is 1.77. The van der Waals surface area contributed by atoms with E-state index in [1.807, 2.05) is 18.2 Å². The molecule has 166 valence electrons. The Morgan fingerprint density at radius 3 is 2.35 bits per heavy atom. The van der Waals surface area contributed by atoms with E-state index in [4.69, 9.17) is 11.6 Å². The fraction of sp³-hybridized carbons (Fsp3) is 0.536. The van der Waals surface area contributed by atoms with Crippen LogP contribution in [-0.2, 0) is 11.8 Å². The Labute approximate surface area is 194 Å². The van der Waals surface area contributed by atoms with Gasteiger partial charge in [0.15, 0.2) is 0 Å². The molecular weight excluding hydrogens is 400 g/mol. The lowest BCUT2D eigenvalue weighted by molar-refractivity contribution is 0.175. The maximum absolute atomic E-state index is 10.5. The second kappa shape index (κ2) is 11.7. The number of rotatable bonds is 11. The average molecular weight is 437 g/mol. The maximum atomic E-state index is 10.5. The van der Waals surface area contributed by atoms with E-state index in [-0.39, 0.29) is 0 Å². The first-order chi connectivity index (χ1) is 15.1. The third kappa shape index (κ3) is 5.71. The van der Waals surface area contributed by atoms with E-state index in [0.717, 1.165) is 62.2 Å². The van der Waals surface area contributed by atoms with Crippen LogP contribution in [-0.4, -0.2) is 24.0 Å². The van der Waals surface area contributed by atoms with Crippen molar-refractivity contribution in [3.8, 4) is 6.07 Å². The normalized spacial score (nSPS) is 17.4. The Kier molecular flexibility index (Phi) is 9.00. The molecule has 1 saturated carbocycles. The van der Waals surface area contributed by atoms with E-state index in [1.54, 1.807) is 0 Å². The molecule has 0 bridgehead atoms. The lowest BCUT2D eigenvalue weighted by Crippen LogP contribution is -2.40. The number of halogens is 1. The van der Waals surface area contributed by atoms with Gasteiger partial charge in [0.1, 0.15) is 0 Å². The highest BCUT2D eigenvalue weighted by Crippen LogP contribution is 2.47. The molecule has 0 aromatic heterocycles. The summed E-state index contributed by atoms with van der Waals surface area (Å²) in [6.07, 6.45) is 8.84. The third-order valence-corrected chi connectivity index (χ3v) is 7.73. The van der Waals surface area contributed by atoms with Crippen LogP contribution in [0.5, 0.6) is 0 Å². The van der Waals surface area contributed by atoms with E-state index >= 15 is 0 Å². The number of likely N-dealkylation sites (N-methyl/N-ethyl adjacent to an activating group) is 1. The first-order valence-electron chi connectivity index (χ1n) is 12.1. The Bertz CT molecular complexity index is 838. The van der Waals surface area contributed by atoms with Gasteiger partial charge in [-0.3, -0.25) is 0 Å². The summed E-state index contributed by atoms with van der Waals surface area (Å²) < 4.78 is 0. The van der Waals surface area contributed by atoms with Crippen molar-refractivity contribution in [3.05, 3.63) is 70.7 Å². The lowest BCUT2D eigenvalue weighted by atomic mass is 9.67. The molecule has 2 atom stereocenters. The van der Waals surface area contributed by atoms with Crippen LogP contribution in [0.15, 0.2) is 54.6 Å². The molecule has 3 rings (SSSR count). The zero-order chi connectivity index (χ0) is 22.1. The molecule has 3 heteroatoms. The summed E-state index contributed by atoms with van der Waals surface area (Å²) in [5.74, 6) is 0.411. The van der Waals surface area contributed by atoms with Gasteiger partial charge in [-0.05, 0) is 68.2 Å². The molecule has 0 spiro atoms. The van der Waals surface area contributed by atoms with Gasteiger partial charge in [0.05, 0.1) is 11.5 Å². The zero-order valence-corrected chi connectivity index (χ0v) is 20.0. The van der Waals surface area contributed by atoms with E-state index < -0.39 is 5.41 Å². The quantitative estimate of drug-likeness (QED) is 0.366. The highest BCUT2D eigenvalue weighted by molar-refractivity contribution is 6.31. The standard InChI is InChI=1S/C28H37ClN2/c1-3-25(31(4-2)21-19-23-12-6-5-7-13-23)18-20-28(22-30,24-14-8-9-15-24)26-16-10-11-17-27(26)29/h5-7,10-13,16-17,24-25H,3-4,8-9,14-15,18-21H2,1-2H3. The molecular formula is C28H37ClN2. The molecule has 0 heterocycles. The van der Waals surface area contributed by atoms with E-state index in [1.165, 1.54) is 18.4 Å². The van der Waals surface area contributed by atoms with Crippen molar-refractivity contribution in [2.24, 2.45) is 5.92 Å². The van der Waals surface area contributed by atoms with Crippen molar-refractivity contribution in [1.82, 2.24) is 4.90 Å². The molecule has 0 amide bonds. The molecule has 0 radical (unpaired) electrons. The van der Waals surface area contributed by atoms with Gasteiger partial charge < -0.3 is 4.90 Å². The number of hydrogen-bond acceptors (Lipinski definition) is 2. The molecule has 2 aromatic rings. The van der Waals surface area contributed by atoms with Crippen molar-refractivity contribution < 1.29 is 0 Å². The minimum absolute atomic E-state index is 0.411. The van der Waals surface area contributed by atoms with E-state index in [0.29, 0.717) is 12.0 Å². The molecule has 0 saturated heterocycles. The summed E-state index contributed by atoms with van der Waals surface area (Å²) in [6, 6.07) is 22.1. The van der Waals surface area contributed by atoms with Crippen LogP contribution >= 0.6 is 11.6 Å². The van der Waals surface area contributed by atoms with Gasteiger partial charge in [-0.1, -0.05) is 86.8 Å². The summed E-state index contributed by atoms with van der Waals surface area (Å²) >= 11 is 6.66. The molecule has 1 aliphatic rings. The Morgan fingerprint density at radius 1 is 1.06 bits per heavy atom. The summed E-state index contributed by atoms with van der Waals surface area (Å²) in [5.41, 5.74) is 1.97. The van der Waals surface area contributed by atoms with Crippen LogP contribution < -0.4 is 0 Å². The third-order valence-electron chi connectivity index (χ3n) is 7.40. The van der Waals surface area contributed by atoms with Crippen molar-refractivity contribution in [3.63, 3.8) is 0 Å². The van der Waals surface area contributed by atoms with Gasteiger partial charge >= 0.3 is 0 Å². The van der Waals surface area contributed by atoms with Crippen molar-refractivity contribution in [2.45, 2.75) is 76.7 Å². The molecule has 0 N–H and O–H groups in total. The molecule has 2 unspecified atom stereocenters. The topological polar surface area (TPSA) is 27.0 Å². The molecule has 31 heavy (non-hydrogen) atoms. The first kappa shape index (κ1) is 23.8. The van der Waals surface area contributed by atoms with Crippen molar-refractivity contribution in [2.75, 3.05) is 13.1 Å². The minimum Gasteiger partial charge on any atom is -0.300 e. The number of nitrogens with zero attached hydrogens (tertiary/aromatic N) is 2. The Hall–Kier alpha value is -1.82. The van der Waals surface area contributed by atoms with Crippen molar-refractivity contribution >= 4 is 11.6 Å². The van der Waals surface area contributed by atoms with E-state index in [9.17, 15) is 5.26 Å². The SMILES string of the molecule is CCC(CCC(C#N)(c1ccccc1Cl)C1CCCC1)N(CC)CCc1ccccc1. The van der Waals surface area contributed by atoms with Crippen LogP contribution in [0.2, 0.25) is 5.02 Å². The van der Waals surface area contributed by atoms with Crippen LogP contribution in [0.25, 0.3) is 0 Å². The number of benzene rings is 2. The summed E-state index contributed by atoms with van der Waals surface area (Å²) in [5, 5.41) is 11.3. The van der Waals surface area contributed by atoms with Gasteiger partial charge in [-0.2, -0.15) is 5.26 Å². The second-order valence-electron chi connectivity index (χ2n) is 9.01. The van der Waals surface area contributed by atoms with Crippen LogP contribution in [0, 0.1) is 17.2 Å². The molecule has 2 nitrogen and oxygen atoms in total. The smallest absolute Gasteiger partial charge is 0.0865 e. The summed E-state index contributed by atoms with van der Waals surface area (Å²) in [4.78, 5) is 2.61. The fourth-order valence-corrected chi connectivity index (χ4v) is 5.87. The average Bonchev–Trinajstić information content (AvgIpc) is 3.35. The second-order valence-corrected chi connectivity index (χ2v) is 9.42. The highest BCUT2D eigenvalue weighted by atomic mass is 35.5. The van der Waals surface area contributed by atoms with Gasteiger partial charge in [-0.15, -0.1) is 0 Å². The molecule has 1 aliphatic carbocycles. The lowest BCUT2D eigenvalue weighted by Gasteiger charge is -2.37. The minimum atomic E-state index is -0.471. The molecule has 2 aromatic carbocycles. The van der Waals surface area contributed by atoms with Crippen molar-refractivity contribution in [1.29, 1.82) is 5.26 Å². The maximum Gasteiger partial charge on any atom is 0.0865 e. The van der Waals surface area contributed by atoms with Gasteiger partial charge in [0.2, 0.25) is 0 Å². The highest BCUT2D eigenvalue weighted by Gasteiger charge is 2.43. The largest absolute Gasteiger partial charge is 0.300 e. The molecule has 1 fully saturated rings. The van der Waals surface area contributed by atoms with Crippen LogP contribution in [0.1, 0.15) is 69.9 Å². The first-order valence-corrected chi connectivity index (χ1v) is 12.5. The number of nitriles is 1. The predicted molar refractivity (Wildman–Crippen MR) is 131 cm³/mol. The molecule has 0 aliphatic heterocycles. The van der Waals surface area contributed by atoms with Gasteiger partial charge in [0, 0.05) is 17.6 Å². The monoisotopic (exact) mass is 436 g/mol. The van der Waals surface area contributed by atoms with Crippen LogP contribution in [0.4, 0.5) is 0 Å². The van der Waals surface area contributed by atoms with Gasteiger partial charge in [-0.25, -0.2) is 0 Å². The number of hydrogen-bond donors (Lipinski definition) is 0.